The van der Waals surface area contributed by atoms with E-state index in [-0.39, 0.29) is 17.9 Å². The molecule has 0 saturated heterocycles. The predicted octanol–water partition coefficient (Wildman–Crippen LogP) is 2.34. The summed E-state index contributed by atoms with van der Waals surface area (Å²) in [5.74, 6) is 0.855. The molecule has 0 amide bonds. The van der Waals surface area contributed by atoms with Crippen LogP contribution in [0.4, 0.5) is 0 Å². The molecule has 1 fully saturated rings. The van der Waals surface area contributed by atoms with Crippen molar-refractivity contribution >= 4 is 12.4 Å². The van der Waals surface area contributed by atoms with E-state index in [9.17, 15) is 0 Å². The Morgan fingerprint density at radius 2 is 2.10 bits per heavy atom. The Balaban J connectivity index is 0.000000810. The first kappa shape index (κ1) is 10.2. The van der Waals surface area contributed by atoms with Crippen molar-refractivity contribution in [3.63, 3.8) is 0 Å². The number of halogens is 1. The Labute approximate surface area is 69.8 Å². The van der Waals surface area contributed by atoms with E-state index in [1.54, 1.807) is 0 Å². The summed E-state index contributed by atoms with van der Waals surface area (Å²) in [6, 6.07) is 0. The molecular weight excluding hydrogens is 146 g/mol. The van der Waals surface area contributed by atoms with Crippen LogP contribution in [0.25, 0.3) is 0 Å². The molecule has 0 aromatic carbocycles. The molecular formula is C8H18ClN. The predicted molar refractivity (Wildman–Crippen MR) is 47.5 cm³/mol. The zero-order valence-corrected chi connectivity index (χ0v) is 7.71. The second-order valence-corrected chi connectivity index (χ2v) is 3.86. The van der Waals surface area contributed by atoms with Gasteiger partial charge in [-0.15, -0.1) is 12.4 Å². The molecule has 0 aliphatic heterocycles. The average Bonchev–Trinajstić information content (AvgIpc) is 1.60. The van der Waals surface area contributed by atoms with Crippen molar-refractivity contribution in [2.24, 2.45) is 11.7 Å². The van der Waals surface area contributed by atoms with Gasteiger partial charge in [-0.05, 0) is 25.7 Å². The fourth-order valence-corrected chi connectivity index (χ4v) is 1.85. The van der Waals surface area contributed by atoms with E-state index in [0.717, 1.165) is 5.92 Å². The molecule has 1 aliphatic rings. The lowest BCUT2D eigenvalue weighted by molar-refractivity contribution is 0.256. The van der Waals surface area contributed by atoms with Crippen molar-refractivity contribution in [2.45, 2.75) is 45.1 Å². The molecule has 0 bridgehead atoms. The largest absolute Gasteiger partial charge is 0.325 e. The summed E-state index contributed by atoms with van der Waals surface area (Å²) in [4.78, 5) is 0. The van der Waals surface area contributed by atoms with E-state index >= 15 is 0 Å². The molecule has 0 aromatic rings. The van der Waals surface area contributed by atoms with Gasteiger partial charge in [0.1, 0.15) is 0 Å². The van der Waals surface area contributed by atoms with Crippen molar-refractivity contribution in [3.05, 3.63) is 0 Å². The van der Waals surface area contributed by atoms with Gasteiger partial charge in [-0.25, -0.2) is 0 Å². The fourth-order valence-electron chi connectivity index (χ4n) is 1.85. The highest BCUT2D eigenvalue weighted by Gasteiger charge is 2.25. The quantitative estimate of drug-likeness (QED) is 0.583. The summed E-state index contributed by atoms with van der Waals surface area (Å²) in [5, 5.41) is 0. The maximum Gasteiger partial charge on any atom is 0.0128 e. The molecule has 2 N–H and O–H groups in total. The third-order valence-electron chi connectivity index (χ3n) is 2.26. The van der Waals surface area contributed by atoms with Gasteiger partial charge in [-0.1, -0.05) is 19.8 Å². The minimum atomic E-state index is 0. The van der Waals surface area contributed by atoms with Crippen molar-refractivity contribution in [1.82, 2.24) is 0 Å². The van der Waals surface area contributed by atoms with Crippen molar-refractivity contribution in [3.8, 4) is 0 Å². The number of nitrogens with two attached hydrogens (primary N) is 1. The molecule has 2 unspecified atom stereocenters. The highest BCUT2D eigenvalue weighted by molar-refractivity contribution is 5.85. The molecule has 2 heteroatoms. The van der Waals surface area contributed by atoms with Gasteiger partial charge in [0.15, 0.2) is 0 Å². The highest BCUT2D eigenvalue weighted by Crippen LogP contribution is 2.29. The van der Waals surface area contributed by atoms with Crippen molar-refractivity contribution in [1.29, 1.82) is 0 Å². The van der Waals surface area contributed by atoms with Gasteiger partial charge in [-0.3, -0.25) is 0 Å². The molecule has 2 atom stereocenters. The number of hydrogen-bond acceptors (Lipinski definition) is 1. The Morgan fingerprint density at radius 3 is 2.40 bits per heavy atom. The third kappa shape index (κ3) is 2.89. The van der Waals surface area contributed by atoms with Crippen LogP contribution in [0.3, 0.4) is 0 Å². The molecule has 0 spiro atoms. The highest BCUT2D eigenvalue weighted by atomic mass is 35.5. The monoisotopic (exact) mass is 163 g/mol. The zero-order chi connectivity index (χ0) is 6.91. The van der Waals surface area contributed by atoms with E-state index < -0.39 is 0 Å². The Bertz CT molecular complexity index is 101. The topological polar surface area (TPSA) is 26.0 Å². The molecule has 10 heavy (non-hydrogen) atoms. The van der Waals surface area contributed by atoms with Gasteiger partial charge in [0.25, 0.3) is 0 Å². The van der Waals surface area contributed by atoms with Crippen LogP contribution >= 0.6 is 12.4 Å². The first-order valence-electron chi connectivity index (χ1n) is 3.89. The summed E-state index contributed by atoms with van der Waals surface area (Å²) in [7, 11) is 0. The Morgan fingerprint density at radius 1 is 1.50 bits per heavy atom. The van der Waals surface area contributed by atoms with Crippen LogP contribution in [-0.4, -0.2) is 5.54 Å². The van der Waals surface area contributed by atoms with Crippen LogP contribution in [-0.2, 0) is 0 Å². The van der Waals surface area contributed by atoms with Crippen LogP contribution in [0.5, 0.6) is 0 Å². The summed E-state index contributed by atoms with van der Waals surface area (Å²) >= 11 is 0. The van der Waals surface area contributed by atoms with Crippen molar-refractivity contribution < 1.29 is 0 Å². The van der Waals surface area contributed by atoms with Gasteiger partial charge in [-0.2, -0.15) is 0 Å². The average molecular weight is 164 g/mol. The molecule has 0 heterocycles. The van der Waals surface area contributed by atoms with E-state index in [1.165, 1.54) is 25.7 Å². The summed E-state index contributed by atoms with van der Waals surface area (Å²) in [5.41, 5.74) is 6.12. The van der Waals surface area contributed by atoms with Gasteiger partial charge in [0, 0.05) is 5.54 Å². The van der Waals surface area contributed by atoms with Gasteiger partial charge >= 0.3 is 0 Å². The lowest BCUT2D eigenvalue weighted by atomic mass is 9.78. The summed E-state index contributed by atoms with van der Waals surface area (Å²) < 4.78 is 0. The van der Waals surface area contributed by atoms with Gasteiger partial charge in [0.2, 0.25) is 0 Å². The fraction of sp³-hybridized carbons (Fsp3) is 1.00. The first-order chi connectivity index (χ1) is 4.10. The molecule has 62 valence electrons. The molecule has 0 aromatic heterocycles. The maximum atomic E-state index is 5.97. The summed E-state index contributed by atoms with van der Waals surface area (Å²) in [6.07, 6.45) is 5.14. The molecule has 0 radical (unpaired) electrons. The van der Waals surface area contributed by atoms with Gasteiger partial charge in [0.05, 0.1) is 0 Å². The Kier molecular flexibility index (Phi) is 3.68. The van der Waals surface area contributed by atoms with Crippen LogP contribution in [0, 0.1) is 5.92 Å². The van der Waals surface area contributed by atoms with Gasteiger partial charge < -0.3 is 5.73 Å². The SMILES string of the molecule is CC1CCCC(C)(N)C1.Cl. The normalized spacial score (nSPS) is 40.5. The molecule has 1 aliphatic carbocycles. The van der Waals surface area contributed by atoms with Crippen LogP contribution < -0.4 is 5.73 Å². The van der Waals surface area contributed by atoms with E-state index in [0.29, 0.717) is 0 Å². The minimum absolute atomic E-state index is 0. The number of hydrogen-bond donors (Lipinski definition) is 1. The second-order valence-electron chi connectivity index (χ2n) is 3.86. The van der Waals surface area contributed by atoms with Crippen LogP contribution in [0.15, 0.2) is 0 Å². The molecule has 1 rings (SSSR count). The lowest BCUT2D eigenvalue weighted by Gasteiger charge is -2.33. The third-order valence-corrected chi connectivity index (χ3v) is 2.26. The summed E-state index contributed by atoms with van der Waals surface area (Å²) in [6.45, 7) is 4.47. The molecule has 1 saturated carbocycles. The molecule has 1 nitrogen and oxygen atoms in total. The van der Waals surface area contributed by atoms with E-state index in [1.807, 2.05) is 0 Å². The maximum absolute atomic E-state index is 5.97. The van der Waals surface area contributed by atoms with Crippen LogP contribution in [0.2, 0.25) is 0 Å². The second kappa shape index (κ2) is 3.59. The van der Waals surface area contributed by atoms with E-state index in [2.05, 4.69) is 13.8 Å². The smallest absolute Gasteiger partial charge is 0.0128 e. The number of rotatable bonds is 0. The minimum Gasteiger partial charge on any atom is -0.325 e. The van der Waals surface area contributed by atoms with Crippen LogP contribution in [0.1, 0.15) is 39.5 Å². The standard InChI is InChI=1S/C8H17N.ClH/c1-7-4-3-5-8(2,9)6-7;/h7H,3-6,9H2,1-2H3;1H. The Hall–Kier alpha value is 0.250. The zero-order valence-electron chi connectivity index (χ0n) is 6.89. The first-order valence-corrected chi connectivity index (χ1v) is 3.89. The van der Waals surface area contributed by atoms with Crippen molar-refractivity contribution in [2.75, 3.05) is 0 Å². The lowest BCUT2D eigenvalue weighted by Crippen LogP contribution is -2.40. The van der Waals surface area contributed by atoms with E-state index in [4.69, 9.17) is 5.73 Å².